The van der Waals surface area contributed by atoms with Crippen molar-refractivity contribution >= 4 is 68.4 Å². The fourth-order valence-electron chi connectivity index (χ4n) is 3.17. The minimum Gasteiger partial charge on any atom is -0.321 e. The zero-order valence-corrected chi connectivity index (χ0v) is 22.2. The fraction of sp³-hybridized carbons (Fsp3) is 0.0357. The monoisotopic (exact) mass is 576 g/mol. The number of thioether (sulfide) groups is 1. The Bertz CT molecular complexity index is 1370. The molecule has 1 aromatic heterocycles. The number of carbonyl (C=O) groups excluding carboxylic acids is 3. The van der Waals surface area contributed by atoms with Crippen LogP contribution in [0, 0.1) is 0 Å². The van der Waals surface area contributed by atoms with Crippen molar-refractivity contribution in [3.05, 3.63) is 123 Å². The van der Waals surface area contributed by atoms with Gasteiger partial charge < -0.3 is 10.6 Å². The molecule has 2 N–H and O–H groups in total. The molecule has 1 heterocycles. The second kappa shape index (κ2) is 12.5. The molecule has 0 bridgehead atoms. The third-order valence-corrected chi connectivity index (χ3v) is 7.27. The summed E-state index contributed by atoms with van der Waals surface area (Å²) in [5.74, 6) is -0.445. The molecular weight excluding hydrogens is 556 g/mol. The highest BCUT2D eigenvalue weighted by Gasteiger charge is 2.15. The van der Waals surface area contributed by atoms with Gasteiger partial charge in [0.05, 0.1) is 5.75 Å². The minimum atomic E-state index is -0.434. The second-order valence-corrected chi connectivity index (χ2v) is 10.4. The molecule has 4 aromatic rings. The van der Waals surface area contributed by atoms with E-state index in [4.69, 9.17) is 0 Å². The molecule has 4 rings (SSSR count). The van der Waals surface area contributed by atoms with Crippen molar-refractivity contribution < 1.29 is 14.4 Å². The summed E-state index contributed by atoms with van der Waals surface area (Å²) >= 11 is 6.30. The lowest BCUT2D eigenvalue weighted by atomic mass is 10.2. The van der Waals surface area contributed by atoms with E-state index in [-0.39, 0.29) is 17.4 Å². The van der Waals surface area contributed by atoms with Gasteiger partial charge in [-0.3, -0.25) is 14.4 Å². The average Bonchev–Trinajstić information content (AvgIpc) is 3.42. The quantitative estimate of drug-likeness (QED) is 0.129. The van der Waals surface area contributed by atoms with E-state index in [9.17, 15) is 14.4 Å². The Labute approximate surface area is 225 Å². The number of Topliss-reactive ketones (excluding diaryl/α,β-unsaturated/α-hetero) is 1. The van der Waals surface area contributed by atoms with Crippen molar-refractivity contribution in [2.75, 3.05) is 11.1 Å². The number of carbonyl (C=O) groups is 3. The fourth-order valence-corrected chi connectivity index (χ4v) is 4.84. The summed E-state index contributed by atoms with van der Waals surface area (Å²) in [4.78, 5) is 39.0. The molecule has 0 aliphatic heterocycles. The highest BCUT2D eigenvalue weighted by atomic mass is 79.9. The first-order valence-corrected chi connectivity index (χ1v) is 13.6. The van der Waals surface area contributed by atoms with E-state index in [0.717, 1.165) is 14.9 Å². The molecular formula is C28H21BrN2O3S2. The van der Waals surface area contributed by atoms with Crippen LogP contribution in [0.15, 0.2) is 111 Å². The highest BCUT2D eigenvalue weighted by molar-refractivity contribution is 9.10. The van der Waals surface area contributed by atoms with Gasteiger partial charge in [0.2, 0.25) is 0 Å². The van der Waals surface area contributed by atoms with Crippen LogP contribution >= 0.6 is 39.0 Å². The molecule has 2 amide bonds. The van der Waals surface area contributed by atoms with Crippen LogP contribution in [0.3, 0.4) is 0 Å². The van der Waals surface area contributed by atoms with Crippen LogP contribution in [0.25, 0.3) is 6.08 Å². The number of hydrogen-bond acceptors (Lipinski definition) is 5. The Balaban J connectivity index is 1.40. The van der Waals surface area contributed by atoms with Gasteiger partial charge in [0, 0.05) is 26.2 Å². The second-order valence-electron chi connectivity index (χ2n) is 7.63. The summed E-state index contributed by atoms with van der Waals surface area (Å²) in [5, 5.41) is 9.35. The first-order valence-electron chi connectivity index (χ1n) is 10.9. The number of benzene rings is 3. The summed E-state index contributed by atoms with van der Waals surface area (Å²) in [5.41, 5.74) is 2.66. The van der Waals surface area contributed by atoms with E-state index in [0.29, 0.717) is 22.6 Å². The lowest BCUT2D eigenvalue weighted by molar-refractivity contribution is -0.113. The van der Waals surface area contributed by atoms with E-state index in [1.165, 1.54) is 23.1 Å². The van der Waals surface area contributed by atoms with Crippen LogP contribution in [-0.2, 0) is 4.79 Å². The normalized spacial score (nSPS) is 11.1. The number of hydrogen-bond donors (Lipinski definition) is 2. The maximum atomic E-state index is 13.0. The van der Waals surface area contributed by atoms with Gasteiger partial charge in [-0.25, -0.2) is 0 Å². The van der Waals surface area contributed by atoms with Gasteiger partial charge in [-0.1, -0.05) is 46.3 Å². The van der Waals surface area contributed by atoms with Crippen LogP contribution < -0.4 is 10.6 Å². The topological polar surface area (TPSA) is 75.3 Å². The highest BCUT2D eigenvalue weighted by Crippen LogP contribution is 2.22. The van der Waals surface area contributed by atoms with Gasteiger partial charge in [0.1, 0.15) is 5.70 Å². The molecule has 0 fully saturated rings. The SMILES string of the molecule is O=C(Nc1ccc(SCC(=O)c2ccc(Br)cc2)cc1)/C(=C/c1ccsc1)NC(=O)c1ccccc1. The van der Waals surface area contributed by atoms with Gasteiger partial charge in [0.15, 0.2) is 5.78 Å². The third kappa shape index (κ3) is 7.27. The van der Waals surface area contributed by atoms with Gasteiger partial charge in [0.25, 0.3) is 11.8 Å². The van der Waals surface area contributed by atoms with E-state index < -0.39 is 5.91 Å². The summed E-state index contributed by atoms with van der Waals surface area (Å²) in [6.45, 7) is 0. The largest absolute Gasteiger partial charge is 0.321 e. The molecule has 0 aliphatic carbocycles. The van der Waals surface area contributed by atoms with Crippen molar-refractivity contribution in [2.24, 2.45) is 0 Å². The number of thiophene rings is 1. The molecule has 0 aliphatic rings. The van der Waals surface area contributed by atoms with Gasteiger partial charge >= 0.3 is 0 Å². The molecule has 5 nitrogen and oxygen atoms in total. The molecule has 36 heavy (non-hydrogen) atoms. The van der Waals surface area contributed by atoms with Crippen molar-refractivity contribution in [2.45, 2.75) is 4.90 Å². The van der Waals surface area contributed by atoms with Crippen LogP contribution in [0.2, 0.25) is 0 Å². The zero-order valence-electron chi connectivity index (χ0n) is 18.9. The van der Waals surface area contributed by atoms with Crippen LogP contribution in [-0.4, -0.2) is 23.4 Å². The molecule has 0 saturated heterocycles. The molecule has 0 atom stereocenters. The molecule has 0 radical (unpaired) electrons. The predicted octanol–water partition coefficient (Wildman–Crippen LogP) is 6.90. The zero-order chi connectivity index (χ0) is 25.3. The Kier molecular flexibility index (Phi) is 8.89. The molecule has 0 saturated carbocycles. The Morgan fingerprint density at radius 2 is 1.58 bits per heavy atom. The average molecular weight is 578 g/mol. The summed E-state index contributed by atoms with van der Waals surface area (Å²) in [6, 6.07) is 25.1. The summed E-state index contributed by atoms with van der Waals surface area (Å²) in [6.07, 6.45) is 1.64. The summed E-state index contributed by atoms with van der Waals surface area (Å²) < 4.78 is 0.928. The summed E-state index contributed by atoms with van der Waals surface area (Å²) in [7, 11) is 0. The molecule has 3 aromatic carbocycles. The number of ketones is 1. The van der Waals surface area contributed by atoms with Crippen LogP contribution in [0.1, 0.15) is 26.3 Å². The maximum Gasteiger partial charge on any atom is 0.272 e. The van der Waals surface area contributed by atoms with E-state index in [2.05, 4.69) is 26.6 Å². The number of amides is 2. The van der Waals surface area contributed by atoms with E-state index in [1.54, 1.807) is 54.6 Å². The lowest BCUT2D eigenvalue weighted by Gasteiger charge is -2.11. The molecule has 0 spiro atoms. The van der Waals surface area contributed by atoms with E-state index >= 15 is 0 Å². The van der Waals surface area contributed by atoms with E-state index in [1.807, 2.05) is 47.2 Å². The molecule has 0 unspecified atom stereocenters. The number of halogens is 1. The Hall–Kier alpha value is -3.46. The van der Waals surface area contributed by atoms with Gasteiger partial charge in [-0.2, -0.15) is 11.3 Å². The van der Waals surface area contributed by atoms with Crippen molar-refractivity contribution in [1.29, 1.82) is 0 Å². The molecule has 8 heteroatoms. The molecule has 180 valence electrons. The number of rotatable bonds is 9. The van der Waals surface area contributed by atoms with Crippen molar-refractivity contribution in [1.82, 2.24) is 5.32 Å². The predicted molar refractivity (Wildman–Crippen MR) is 150 cm³/mol. The standard InChI is InChI=1S/C28H21BrN2O3S2/c29-22-8-6-20(7-9-22)26(32)18-36-24-12-10-23(11-13-24)30-28(34)25(16-19-14-15-35-17-19)31-27(33)21-4-2-1-3-5-21/h1-17H,18H2,(H,30,34)(H,31,33)/b25-16-. The minimum absolute atomic E-state index is 0.0437. The number of nitrogens with one attached hydrogen (secondary N) is 2. The maximum absolute atomic E-state index is 13.0. The lowest BCUT2D eigenvalue weighted by Crippen LogP contribution is -2.30. The number of anilines is 1. The Morgan fingerprint density at radius 1 is 0.861 bits per heavy atom. The van der Waals surface area contributed by atoms with Crippen LogP contribution in [0.4, 0.5) is 5.69 Å². The first kappa shape index (κ1) is 25.6. The smallest absolute Gasteiger partial charge is 0.272 e. The Morgan fingerprint density at radius 3 is 2.25 bits per heavy atom. The first-order chi connectivity index (χ1) is 17.5. The van der Waals surface area contributed by atoms with Gasteiger partial charge in [-0.05, 0) is 77.0 Å². The van der Waals surface area contributed by atoms with Crippen LogP contribution in [0.5, 0.6) is 0 Å². The third-order valence-electron chi connectivity index (χ3n) is 5.03. The van der Waals surface area contributed by atoms with Gasteiger partial charge in [-0.15, -0.1) is 11.8 Å². The van der Waals surface area contributed by atoms with Crippen molar-refractivity contribution in [3.63, 3.8) is 0 Å². The van der Waals surface area contributed by atoms with Crippen molar-refractivity contribution in [3.8, 4) is 0 Å².